The number of Topliss-reactive ketones (excluding diaryl/α,β-unsaturated/α-hetero) is 2. The summed E-state index contributed by atoms with van der Waals surface area (Å²) < 4.78 is 39.0. The Kier molecular flexibility index (Phi) is 23.6. The number of H-pyrrole nitrogens is 1. The maximum absolute atomic E-state index is 16.3. The van der Waals surface area contributed by atoms with Gasteiger partial charge in [0.15, 0.2) is 48.9 Å². The van der Waals surface area contributed by atoms with Gasteiger partial charge >= 0.3 is 23.9 Å². The summed E-state index contributed by atoms with van der Waals surface area (Å²) in [5, 5.41) is 55.6. The standard InChI is InChI=1S/C79H87N11O20Si2/c1-43-55(106-74(103)64(97)62(46-17-11-8-12-18-46)87-70(99)47-19-13-9-14-20-47)37-79(104)68(108-73(102)48-21-15-10-16-22-48)66-77(5,56(93)36-57-78(66,41-105-57)109-44(2)91)67(98)65(61(43)76(79,3)4)107-60(96)32-31-58(94)83-42-112(6,7)110-111-34-33-90-72(101)53-28-27-51(35-49(53)38-84-90)85-59(95)30-29-54(92)45-23-25-50(26-24-45)81-39-52-40-82-69-63(86-52)71(100)89-75(80)88-69/h8-28,35,38,40,55-57,62,64-66,68,81,93,97,104H,29-34,36-37,39,41-42,111H2,1-7H3,(H,83,94)(H,85,95)(H,87,99)(H3,80,82,88,89,100)/t55-,56-,57+,62-,64+,65+,66-,68-,77+,78-,79+/m0/s1. The topological polar surface area (TPSA) is 450 Å². The number of hydrogen-bond donors (Lipinski definition) is 9. The zero-order chi connectivity index (χ0) is 80.2. The highest BCUT2D eigenvalue weighted by Crippen LogP contribution is 2.64. The van der Waals surface area contributed by atoms with E-state index in [1.165, 1.54) is 69.0 Å². The van der Waals surface area contributed by atoms with E-state index in [9.17, 15) is 63.3 Å². The summed E-state index contributed by atoms with van der Waals surface area (Å²) in [6.45, 7) is 10.8. The van der Waals surface area contributed by atoms with E-state index in [1.807, 2.05) is 13.1 Å². The highest BCUT2D eigenvalue weighted by atomic mass is 28.4. The molecule has 1 aliphatic heterocycles. The van der Waals surface area contributed by atoms with E-state index in [4.69, 9.17) is 33.5 Å². The van der Waals surface area contributed by atoms with Crippen molar-refractivity contribution in [2.45, 2.75) is 159 Å². The third-order valence-corrected chi connectivity index (χ3v) is 27.2. The van der Waals surface area contributed by atoms with Crippen LogP contribution in [0.25, 0.3) is 21.9 Å². The average Bonchev–Trinajstić information content (AvgIpc) is 0.667. The molecule has 31 nitrogen and oxygen atoms in total. The number of rotatable bonds is 28. The Morgan fingerprint density at radius 3 is 2.15 bits per heavy atom. The molecule has 2 saturated carbocycles. The fourth-order valence-electron chi connectivity index (χ4n) is 15.5. The predicted molar refractivity (Wildman–Crippen MR) is 411 cm³/mol. The molecular weight excluding hydrogens is 1480 g/mol. The Balaban J connectivity index is 0.686. The molecule has 33 heteroatoms. The number of fused-ring (bicyclic) bond motifs is 7. The molecule has 0 radical (unpaired) electrons. The van der Waals surface area contributed by atoms with E-state index in [-0.39, 0.29) is 89.2 Å². The molecule has 112 heavy (non-hydrogen) atoms. The third kappa shape index (κ3) is 16.7. The van der Waals surface area contributed by atoms with Gasteiger partial charge in [-0.05, 0) is 116 Å². The number of aryl methyl sites for hydroxylation is 1. The summed E-state index contributed by atoms with van der Waals surface area (Å²) in [4.78, 5) is 168. The van der Waals surface area contributed by atoms with Gasteiger partial charge in [0.25, 0.3) is 17.0 Å². The van der Waals surface area contributed by atoms with Gasteiger partial charge < -0.3 is 70.1 Å². The number of nitrogens with one attached hydrogen (secondary N) is 5. The molecule has 3 fully saturated rings. The lowest BCUT2D eigenvalue weighted by Gasteiger charge is -2.67. The molecule has 3 aliphatic carbocycles. The van der Waals surface area contributed by atoms with Crippen molar-refractivity contribution < 1.29 is 86.3 Å². The molecule has 8 aromatic rings. The number of ketones is 2. The fourth-order valence-corrected chi connectivity index (χ4v) is 19.7. The van der Waals surface area contributed by atoms with Crippen LogP contribution in [-0.4, -0.2) is 177 Å². The van der Waals surface area contributed by atoms with Gasteiger partial charge in [0, 0.05) is 85.0 Å². The Bertz CT molecular complexity index is 5130. The number of esters is 4. The van der Waals surface area contributed by atoms with E-state index in [0.717, 1.165) is 6.92 Å². The van der Waals surface area contributed by atoms with Crippen LogP contribution in [0.5, 0.6) is 0 Å². The lowest BCUT2D eigenvalue weighted by molar-refractivity contribution is -0.346. The number of hydrogen-bond acceptors (Lipinski definition) is 26. The number of nitrogens with zero attached hydrogens (tertiary/aromatic N) is 5. The Labute approximate surface area is 644 Å². The van der Waals surface area contributed by atoms with Crippen molar-refractivity contribution in [3.05, 3.63) is 206 Å². The number of carbonyl (C=O) groups is 9. The summed E-state index contributed by atoms with van der Waals surface area (Å²) in [5.74, 6) is -8.91. The first kappa shape index (κ1) is 80.2. The maximum Gasteiger partial charge on any atom is 0.338 e. The second-order valence-corrected chi connectivity index (χ2v) is 36.0. The molecule has 0 unspecified atom stereocenters. The number of nitrogens with two attached hydrogens (primary N) is 1. The lowest BCUT2D eigenvalue weighted by atomic mass is 9.44. The van der Waals surface area contributed by atoms with Gasteiger partial charge in [-0.2, -0.15) is 10.1 Å². The molecule has 3 aromatic heterocycles. The van der Waals surface area contributed by atoms with Crippen molar-refractivity contribution in [2.75, 3.05) is 29.1 Å². The van der Waals surface area contributed by atoms with E-state index < -0.39 is 168 Å². The predicted octanol–water partition coefficient (Wildman–Crippen LogP) is 5.11. The summed E-state index contributed by atoms with van der Waals surface area (Å²) in [5.41, 5.74) is -1.31. The minimum absolute atomic E-state index is 0.00448. The molecule has 0 spiro atoms. The average molecular weight is 1570 g/mol. The Hall–Kier alpha value is -11.3. The number of anilines is 3. The monoisotopic (exact) mass is 1570 g/mol. The highest BCUT2D eigenvalue weighted by Gasteiger charge is 2.78. The summed E-state index contributed by atoms with van der Waals surface area (Å²) in [6.07, 6.45) is -9.80. The molecule has 3 amide bonds. The van der Waals surface area contributed by atoms with Gasteiger partial charge in [-0.1, -0.05) is 80.6 Å². The Morgan fingerprint density at radius 1 is 0.804 bits per heavy atom. The molecular formula is C79H87N11O20Si2. The zero-order valence-corrected chi connectivity index (χ0v) is 65.0. The molecule has 4 aliphatic rings. The largest absolute Gasteiger partial charge is 0.459 e. The summed E-state index contributed by atoms with van der Waals surface area (Å²) in [7, 11) is -3.98. The Morgan fingerprint density at radius 2 is 1.47 bits per heavy atom. The van der Waals surface area contributed by atoms with Gasteiger partial charge in [0.1, 0.15) is 33.7 Å². The summed E-state index contributed by atoms with van der Waals surface area (Å²) in [6, 6.07) is 34.4. The minimum atomic E-state index is -2.66. The molecule has 10 N–H and O–H groups in total. The molecule has 2 bridgehead atoms. The van der Waals surface area contributed by atoms with Gasteiger partial charge in [0.2, 0.25) is 17.8 Å². The lowest BCUT2D eigenvalue weighted by Crippen LogP contribution is -2.82. The second kappa shape index (κ2) is 32.9. The van der Waals surface area contributed by atoms with Gasteiger partial charge in [-0.15, -0.1) is 0 Å². The number of carbonyl (C=O) groups excluding carboxylic acids is 9. The van der Waals surface area contributed by atoms with Crippen molar-refractivity contribution >= 4 is 111 Å². The molecule has 12 rings (SSSR count). The minimum Gasteiger partial charge on any atom is -0.459 e. The second-order valence-electron chi connectivity index (χ2n) is 29.8. The smallest absolute Gasteiger partial charge is 0.338 e. The van der Waals surface area contributed by atoms with Crippen LogP contribution in [0, 0.1) is 16.7 Å². The van der Waals surface area contributed by atoms with Crippen LogP contribution in [0.2, 0.25) is 19.1 Å². The van der Waals surface area contributed by atoms with Crippen LogP contribution in [0.4, 0.5) is 17.3 Å². The number of aliphatic hydroxyl groups is 3. The van der Waals surface area contributed by atoms with Crippen LogP contribution in [0.1, 0.15) is 122 Å². The first-order valence-electron chi connectivity index (χ1n) is 36.6. The number of benzene rings is 5. The third-order valence-electron chi connectivity index (χ3n) is 21.6. The number of nitrogen functional groups attached to an aromatic ring is 1. The van der Waals surface area contributed by atoms with Crippen molar-refractivity contribution in [2.24, 2.45) is 16.7 Å². The number of aromatic amines is 1. The highest BCUT2D eigenvalue weighted by molar-refractivity contribution is 6.75. The van der Waals surface area contributed by atoms with E-state index >= 15 is 4.79 Å². The quantitative estimate of drug-likeness (QED) is 0.00768. The first-order chi connectivity index (χ1) is 53.3. The normalized spacial score (nSPS) is 23.0. The first-order valence-corrected chi connectivity index (χ1v) is 41.3. The number of aliphatic hydroxyl groups excluding tert-OH is 2. The maximum atomic E-state index is 16.3. The molecule has 586 valence electrons. The van der Waals surface area contributed by atoms with Gasteiger partial charge in [0.05, 0.1) is 72.1 Å². The van der Waals surface area contributed by atoms with Gasteiger partial charge in [-0.3, -0.25) is 48.1 Å². The van der Waals surface area contributed by atoms with Crippen molar-refractivity contribution in [3.8, 4) is 0 Å². The molecule has 4 heterocycles. The van der Waals surface area contributed by atoms with E-state index in [2.05, 4.69) is 46.3 Å². The number of amides is 3. The van der Waals surface area contributed by atoms with Crippen molar-refractivity contribution in [3.63, 3.8) is 0 Å². The zero-order valence-electron chi connectivity index (χ0n) is 62.6. The summed E-state index contributed by atoms with van der Waals surface area (Å²) >= 11 is 0. The number of aromatic nitrogens is 6. The van der Waals surface area contributed by atoms with Crippen molar-refractivity contribution in [1.29, 1.82) is 0 Å². The van der Waals surface area contributed by atoms with E-state index in [0.29, 0.717) is 45.0 Å². The fraction of sp³-hybridized carbons (Fsp3) is 0.380. The van der Waals surface area contributed by atoms with Crippen molar-refractivity contribution in [1.82, 2.24) is 40.3 Å². The number of ether oxygens (including phenoxy) is 5. The molecule has 11 atom stereocenters. The van der Waals surface area contributed by atoms with Crippen LogP contribution >= 0.6 is 0 Å². The molecule has 5 aromatic carbocycles. The van der Waals surface area contributed by atoms with Gasteiger partial charge in [-0.25, -0.2) is 24.2 Å². The molecule has 1 saturated heterocycles. The van der Waals surface area contributed by atoms with Crippen LogP contribution in [0.15, 0.2) is 167 Å². The van der Waals surface area contributed by atoms with E-state index in [1.54, 1.807) is 109 Å². The SMILES string of the molecule is CC(=O)O[C@@]12CO[C@@H]1C[C@H](O)[C@@]1(C)C(=O)[C@H](OC(=O)CCC(=O)NC[Si](C)(C)O[SiH2]CCn3ncc4cc(NC(=O)CCC(=O)c5ccc(NCc6cnc7nc(N)[nH]c(=O)c7n6)cc5)ccc4c3=O)C3=C(C)[C@@H](OC(=O)[C@H](O)[C@@H](NC(=O)c4ccccc4)c4ccccc4)C[C@@](O)([C@@H](OC(=O)c4ccccc4)[C@H]21)C3(C)C. The van der Waals surface area contributed by atoms with Crippen LogP contribution < -0.4 is 38.1 Å². The van der Waals surface area contributed by atoms with Crippen LogP contribution in [-0.2, 0) is 69.7 Å². The van der Waals surface area contributed by atoms with Crippen LogP contribution in [0.3, 0.4) is 0 Å².